The lowest BCUT2D eigenvalue weighted by atomic mass is 9.68. The van der Waals surface area contributed by atoms with E-state index in [2.05, 4.69) is 61.6 Å². The molecule has 1 saturated carbocycles. The number of nitrogens with one attached hydrogen (secondary N) is 1. The summed E-state index contributed by atoms with van der Waals surface area (Å²) < 4.78 is 13.8. The second-order valence-corrected chi connectivity index (χ2v) is 27.0. The molecule has 7 atom stereocenters. The number of aromatic hydroxyl groups is 3. The number of aryl methyl sites for hydroxylation is 1. The lowest BCUT2D eigenvalue weighted by Gasteiger charge is -2.42. The molecule has 7 N–H and O–H groups in total. The Morgan fingerprint density at radius 2 is 1.68 bits per heavy atom. The van der Waals surface area contributed by atoms with Gasteiger partial charge in [-0.2, -0.15) is 0 Å². The highest BCUT2D eigenvalue weighted by Crippen LogP contribution is 2.61. The third-order valence-corrected chi connectivity index (χ3v) is 21.9. The quantitative estimate of drug-likeness (QED) is 0.0753. The van der Waals surface area contributed by atoms with E-state index in [-0.39, 0.29) is 75.7 Å². The van der Waals surface area contributed by atoms with Crippen molar-refractivity contribution in [2.75, 3.05) is 18.1 Å². The lowest BCUT2D eigenvalue weighted by Crippen LogP contribution is -2.39. The predicted molar refractivity (Wildman–Crippen MR) is 299 cm³/mol. The second-order valence-electron chi connectivity index (χ2n) is 21.9. The highest BCUT2D eigenvalue weighted by atomic mass is 33.1. The van der Waals surface area contributed by atoms with E-state index < -0.39 is 35.4 Å². The number of fused-ring (bicyclic) bond motifs is 10. The summed E-state index contributed by atoms with van der Waals surface area (Å²) in [7, 11) is 6.83. The number of phenols is 2. The molecule has 12 rings (SSSR count). The van der Waals surface area contributed by atoms with Gasteiger partial charge in [0.05, 0.1) is 23.0 Å². The molecule has 1 saturated heterocycles. The van der Waals surface area contributed by atoms with Crippen LogP contribution in [0.1, 0.15) is 151 Å². The number of hydrogen-bond donors (Lipinski definition) is 7. The summed E-state index contributed by atoms with van der Waals surface area (Å²) in [5.41, 5.74) is 9.22. The Bertz CT molecular complexity index is 3190. The first-order valence-corrected chi connectivity index (χ1v) is 31.4. The van der Waals surface area contributed by atoms with Gasteiger partial charge in [0.15, 0.2) is 5.76 Å². The van der Waals surface area contributed by atoms with Gasteiger partial charge in [-0.3, -0.25) is 4.79 Å². The summed E-state index contributed by atoms with van der Waals surface area (Å²) in [6.45, 7) is 4.20. The van der Waals surface area contributed by atoms with Crippen molar-refractivity contribution in [1.82, 2.24) is 5.32 Å². The van der Waals surface area contributed by atoms with E-state index in [0.717, 1.165) is 68.5 Å². The van der Waals surface area contributed by atoms with Crippen LogP contribution in [0.5, 0.6) is 23.0 Å². The van der Waals surface area contributed by atoms with Gasteiger partial charge in [0.25, 0.3) is 0 Å². The third-order valence-electron chi connectivity index (χ3n) is 16.8. The Hall–Kier alpha value is -3.99. The summed E-state index contributed by atoms with van der Waals surface area (Å²) in [5.74, 6) is 1.10. The molecule has 0 unspecified atom stereocenters. The van der Waals surface area contributed by atoms with Crippen LogP contribution in [0.15, 0.2) is 63.8 Å². The molecule has 3 aliphatic carbocycles. The molecule has 4 heterocycles. The van der Waals surface area contributed by atoms with Crippen LogP contribution in [0, 0.1) is 5.92 Å². The van der Waals surface area contributed by atoms with Gasteiger partial charge < -0.3 is 45.1 Å². The van der Waals surface area contributed by atoms with Gasteiger partial charge in [-0.1, -0.05) is 113 Å². The molecule has 5 aromatic carbocycles. The number of aliphatic hydroxyl groups is 3. The summed E-state index contributed by atoms with van der Waals surface area (Å²) in [5, 5.41) is 78.4. The molecule has 6 aromatic rings. The highest BCUT2D eigenvalue weighted by Gasteiger charge is 2.46. The van der Waals surface area contributed by atoms with E-state index in [4.69, 9.17) is 9.15 Å². The van der Waals surface area contributed by atoms with Gasteiger partial charge in [-0.15, -0.1) is 0 Å². The van der Waals surface area contributed by atoms with Crippen molar-refractivity contribution >= 4 is 64.9 Å². The first-order chi connectivity index (χ1) is 35.5. The Labute approximate surface area is 442 Å². The van der Waals surface area contributed by atoms with Crippen LogP contribution in [-0.4, -0.2) is 73.1 Å². The normalized spacial score (nSPS) is 25.1. The number of aliphatic hydroxyl groups excluding tert-OH is 3. The first-order valence-electron chi connectivity index (χ1n) is 26.5. The maximum Gasteiger partial charge on any atom is 0.238 e. The maximum absolute atomic E-state index is 15.4. The van der Waals surface area contributed by atoms with Crippen LogP contribution in [0.4, 0.5) is 0 Å². The van der Waals surface area contributed by atoms with Crippen LogP contribution >= 0.6 is 43.2 Å². The Morgan fingerprint density at radius 3 is 2.51 bits per heavy atom. The molecular weight excluding hydrogens is 995 g/mol. The van der Waals surface area contributed by atoms with E-state index in [1.165, 1.54) is 49.3 Å². The zero-order valence-corrected chi connectivity index (χ0v) is 44.7. The third kappa shape index (κ3) is 8.95. The Balaban J connectivity index is 1.06. The van der Waals surface area contributed by atoms with Gasteiger partial charge in [-0.25, -0.2) is 0 Å². The molecule has 0 spiro atoms. The Morgan fingerprint density at radius 1 is 0.836 bits per heavy atom. The molecule has 1 aromatic heterocycles. The molecule has 0 radical (unpaired) electrons. The summed E-state index contributed by atoms with van der Waals surface area (Å²) in [4.78, 5) is 15.4. The molecule has 5 bridgehead atoms. The molecule has 0 amide bonds. The van der Waals surface area contributed by atoms with Crippen LogP contribution in [0.2, 0.25) is 0 Å². The van der Waals surface area contributed by atoms with Crippen molar-refractivity contribution in [3.05, 3.63) is 115 Å². The highest BCUT2D eigenvalue weighted by molar-refractivity contribution is 8.77. The average molecular weight is 1060 g/mol. The van der Waals surface area contributed by atoms with Crippen molar-refractivity contribution < 1.29 is 39.8 Å². The fourth-order valence-electron chi connectivity index (χ4n) is 13.3. The zero-order valence-electron chi connectivity index (χ0n) is 41.5. The number of rotatable bonds is 7. The minimum atomic E-state index is -0.973. The van der Waals surface area contributed by atoms with E-state index in [9.17, 15) is 30.6 Å². The number of benzene rings is 5. The van der Waals surface area contributed by atoms with E-state index in [1.54, 1.807) is 43.2 Å². The average Bonchev–Trinajstić information content (AvgIpc) is 3.40. The van der Waals surface area contributed by atoms with Crippen LogP contribution in [0.25, 0.3) is 44.2 Å². The van der Waals surface area contributed by atoms with Crippen molar-refractivity contribution in [3.63, 3.8) is 0 Å². The van der Waals surface area contributed by atoms with Gasteiger partial charge in [0, 0.05) is 65.5 Å². The van der Waals surface area contributed by atoms with Gasteiger partial charge >= 0.3 is 0 Å². The van der Waals surface area contributed by atoms with E-state index in [1.807, 2.05) is 6.07 Å². The van der Waals surface area contributed by atoms with E-state index in [0.29, 0.717) is 60.6 Å². The molecule has 73 heavy (non-hydrogen) atoms. The zero-order chi connectivity index (χ0) is 50.2. The number of ether oxygens (including phenoxy) is 1. The largest absolute Gasteiger partial charge is 0.507 e. The van der Waals surface area contributed by atoms with Gasteiger partial charge in [0.1, 0.15) is 34.3 Å². The van der Waals surface area contributed by atoms with Crippen molar-refractivity contribution in [2.24, 2.45) is 5.92 Å². The minimum absolute atomic E-state index is 0.0115. The summed E-state index contributed by atoms with van der Waals surface area (Å²) in [6, 6.07) is 19.0. The molecular formula is C59H65NO9S4. The van der Waals surface area contributed by atoms with Crippen molar-refractivity contribution in [3.8, 4) is 45.4 Å². The molecule has 3 aliphatic heterocycles. The Kier molecular flexibility index (Phi) is 14.0. The van der Waals surface area contributed by atoms with Crippen LogP contribution < -0.4 is 15.5 Å². The van der Waals surface area contributed by atoms with E-state index >= 15 is 4.79 Å². The summed E-state index contributed by atoms with van der Waals surface area (Å²) >= 11 is 0. The van der Waals surface area contributed by atoms with Gasteiger partial charge in [-0.05, 0) is 143 Å². The maximum atomic E-state index is 15.4. The topological polar surface area (TPSA) is 173 Å². The monoisotopic (exact) mass is 1060 g/mol. The molecule has 14 heteroatoms. The van der Waals surface area contributed by atoms with Crippen molar-refractivity contribution in [2.45, 2.75) is 151 Å². The molecule has 6 aliphatic rings. The SMILES string of the molecule is CC(C)Cc1cc(-c2oc3cc(O)c4c(c3c(=O)c2O)O[C@@H]2C[C@H]3c5c-4cc4c6c(ccc(c56)[C@@H](SSCCC[C@H]2O)[C@@H]3O)CC[C@@H]4CCO)c2c(c1O)Cc1cccc(c1)[C@@H](NC1CCCCC1)CSSC2. The fraction of sp³-hybridized carbons (Fsp3) is 0.475. The summed E-state index contributed by atoms with van der Waals surface area (Å²) in [6.07, 6.45) is 7.97. The second kappa shape index (κ2) is 20.5. The standard InChI is InChI=1S/C59H65NO9S4/c1-29(2)20-34-23-39(42-27-71-72-28-43(60-35-10-4-3-5-11-35)33-9-6-8-30(21-33)22-38(42)53(34)64)57-56(67)55(66)52-47(69-57)26-45(63)50-40-24-37-31(17-18-61)13-14-32-15-16-36-51(48(32)37)49(40)41-25-46(68-58(50)52)44(62)12-7-19-70-73-59(36)54(41)65/h6,8-9,15-16,21,23-24,26,29,31,35,41,43-44,46,54,59-65,67H,3-5,7,10-14,17-20,22,25,27-28H2,1-2H3/t31-,41+,43+,44-,46-,54-,59-/m1/s1. The van der Waals surface area contributed by atoms with Crippen LogP contribution in [0.3, 0.4) is 0 Å². The number of hydrogen-bond acceptors (Lipinski definition) is 14. The fourth-order valence-corrected chi connectivity index (χ4v) is 18.5. The lowest BCUT2D eigenvalue weighted by molar-refractivity contribution is 0.00975. The smallest absolute Gasteiger partial charge is 0.238 e. The molecule has 384 valence electrons. The minimum Gasteiger partial charge on any atom is -0.507 e. The molecule has 10 nitrogen and oxygen atoms in total. The van der Waals surface area contributed by atoms with Gasteiger partial charge in [0.2, 0.25) is 11.2 Å². The van der Waals surface area contributed by atoms with Crippen molar-refractivity contribution in [1.29, 1.82) is 0 Å². The predicted octanol–water partition coefficient (Wildman–Crippen LogP) is 12.6. The number of phenolic OH excluding ortho intramolecular Hbond substituents is 2. The molecule has 2 fully saturated rings. The first kappa shape index (κ1) is 49.9. The van der Waals surface area contributed by atoms with Crippen LogP contribution in [-0.2, 0) is 25.0 Å².